The van der Waals surface area contributed by atoms with Crippen LogP contribution in [-0.4, -0.2) is 38.0 Å². The third-order valence-electron chi connectivity index (χ3n) is 3.46. The molecule has 22 heavy (non-hydrogen) atoms. The van der Waals surface area contributed by atoms with Gasteiger partial charge < -0.3 is 15.5 Å². The average molecular weight is 327 g/mol. The van der Waals surface area contributed by atoms with Crippen molar-refractivity contribution >= 4 is 29.1 Å². The Kier molecular flexibility index (Phi) is 7.35. The highest BCUT2D eigenvalue weighted by atomic mass is 35.5. The highest BCUT2D eigenvalue weighted by Gasteiger charge is 2.17. The first-order valence-corrected chi connectivity index (χ1v) is 7.82. The Balaban J connectivity index is 2.41. The molecular weight excluding hydrogens is 302 g/mol. The van der Waals surface area contributed by atoms with Gasteiger partial charge in [-0.3, -0.25) is 9.59 Å². The topological polar surface area (TPSA) is 62.6 Å². The van der Waals surface area contributed by atoms with E-state index >= 15 is 0 Å². The first kappa shape index (κ1) is 18.5. The number of amides is 2. The van der Waals surface area contributed by atoms with Crippen LogP contribution in [0.1, 0.15) is 20.8 Å². The van der Waals surface area contributed by atoms with Gasteiger partial charge in [0.05, 0.1) is 17.8 Å². The molecule has 5 nitrogen and oxygen atoms in total. The zero-order valence-corrected chi connectivity index (χ0v) is 14.3. The normalized spacial score (nSPS) is 13.5. The fraction of sp³-hybridized carbons (Fsp3) is 0.500. The summed E-state index contributed by atoms with van der Waals surface area (Å²) in [5.74, 6) is 0.160. The minimum absolute atomic E-state index is 0.0516. The number of carbonyl (C=O) groups is 2. The summed E-state index contributed by atoms with van der Waals surface area (Å²) in [6.45, 7) is 6.54. The second-order valence-electron chi connectivity index (χ2n) is 5.94. The fourth-order valence-corrected chi connectivity index (χ4v) is 2.02. The largest absolute Gasteiger partial charge is 0.348 e. The van der Waals surface area contributed by atoms with Crippen LogP contribution in [0.4, 0.5) is 5.69 Å². The molecule has 2 amide bonds. The quantitative estimate of drug-likeness (QED) is 0.699. The van der Waals surface area contributed by atoms with Crippen LogP contribution in [0.15, 0.2) is 24.3 Å². The summed E-state index contributed by atoms with van der Waals surface area (Å²) >= 11 is 5.99. The molecule has 0 saturated carbocycles. The summed E-state index contributed by atoms with van der Waals surface area (Å²) in [6, 6.07) is 7.19. The first-order valence-electron chi connectivity index (χ1n) is 7.44. The predicted octanol–water partition coefficient (Wildman–Crippen LogP) is 0.954. The molecule has 0 fully saturated rings. The van der Waals surface area contributed by atoms with E-state index in [9.17, 15) is 9.59 Å². The second kappa shape index (κ2) is 8.76. The van der Waals surface area contributed by atoms with Crippen LogP contribution in [0.3, 0.4) is 0 Å². The molecule has 1 aromatic rings. The van der Waals surface area contributed by atoms with E-state index in [1.807, 2.05) is 14.0 Å². The van der Waals surface area contributed by atoms with Crippen LogP contribution in [0.5, 0.6) is 0 Å². The minimum atomic E-state index is -0.171. The summed E-state index contributed by atoms with van der Waals surface area (Å²) in [7, 11) is 1.81. The fourth-order valence-electron chi connectivity index (χ4n) is 1.84. The molecule has 0 radical (unpaired) electrons. The summed E-state index contributed by atoms with van der Waals surface area (Å²) in [6.07, 6.45) is 0. The molecule has 122 valence electrons. The maximum absolute atomic E-state index is 12.0. The van der Waals surface area contributed by atoms with Crippen LogP contribution >= 0.6 is 11.6 Å². The maximum atomic E-state index is 12.0. The minimum Gasteiger partial charge on any atom is -0.348 e. The summed E-state index contributed by atoms with van der Waals surface area (Å²) in [5, 5.41) is 6.18. The number of quaternary nitrogens is 1. The van der Waals surface area contributed by atoms with Gasteiger partial charge in [0.1, 0.15) is 0 Å². The second-order valence-corrected chi connectivity index (χ2v) is 6.35. The highest BCUT2D eigenvalue weighted by molar-refractivity contribution is 6.33. The number of para-hydroxylation sites is 1. The zero-order valence-electron chi connectivity index (χ0n) is 13.6. The van der Waals surface area contributed by atoms with Crippen molar-refractivity contribution in [3.63, 3.8) is 0 Å². The number of rotatable bonds is 7. The van der Waals surface area contributed by atoms with Crippen LogP contribution in [-0.2, 0) is 9.59 Å². The van der Waals surface area contributed by atoms with E-state index in [1.54, 1.807) is 24.3 Å². The van der Waals surface area contributed by atoms with E-state index in [0.717, 1.165) is 4.90 Å². The Labute approximate surface area is 137 Å². The summed E-state index contributed by atoms with van der Waals surface area (Å²) < 4.78 is 0. The Morgan fingerprint density at radius 2 is 1.73 bits per heavy atom. The number of nitrogens with one attached hydrogen (secondary N) is 3. The molecule has 0 saturated heterocycles. The molecule has 3 N–H and O–H groups in total. The Morgan fingerprint density at radius 3 is 2.32 bits per heavy atom. The molecule has 6 heteroatoms. The van der Waals surface area contributed by atoms with Crippen molar-refractivity contribution in [3.05, 3.63) is 29.3 Å². The molecule has 0 spiro atoms. The van der Waals surface area contributed by atoms with Gasteiger partial charge in [0.25, 0.3) is 11.8 Å². The molecule has 0 aliphatic rings. The number of halogens is 1. The highest BCUT2D eigenvalue weighted by Crippen LogP contribution is 2.19. The number of benzene rings is 1. The number of anilines is 1. The standard InChI is InChI=1S/C16H24ClN3O2/c1-11(2)12(3)18-15(21)9-20(4)10-16(22)19-14-8-6-5-7-13(14)17/h5-8,11-12H,9-10H2,1-4H3,(H,18,21)(H,19,22)/p+1/t12-/m1/s1. The molecular formula is C16H25ClN3O2+. The first-order chi connectivity index (χ1) is 10.3. The van der Waals surface area contributed by atoms with Crippen LogP contribution in [0, 0.1) is 5.92 Å². The van der Waals surface area contributed by atoms with E-state index in [2.05, 4.69) is 24.5 Å². The molecule has 1 unspecified atom stereocenters. The van der Waals surface area contributed by atoms with Gasteiger partial charge in [-0.05, 0) is 25.0 Å². The van der Waals surface area contributed by atoms with Crippen molar-refractivity contribution in [3.8, 4) is 0 Å². The lowest BCUT2D eigenvalue weighted by Gasteiger charge is -2.19. The number of hydrogen-bond acceptors (Lipinski definition) is 2. The van der Waals surface area contributed by atoms with E-state index in [1.165, 1.54) is 0 Å². The van der Waals surface area contributed by atoms with Crippen molar-refractivity contribution in [1.29, 1.82) is 0 Å². The van der Waals surface area contributed by atoms with Crippen molar-refractivity contribution in [2.75, 3.05) is 25.5 Å². The lowest BCUT2D eigenvalue weighted by molar-refractivity contribution is -0.862. The van der Waals surface area contributed by atoms with Gasteiger partial charge in [-0.25, -0.2) is 0 Å². The van der Waals surface area contributed by atoms with Crippen molar-refractivity contribution < 1.29 is 14.5 Å². The third-order valence-corrected chi connectivity index (χ3v) is 3.79. The van der Waals surface area contributed by atoms with E-state index < -0.39 is 0 Å². The molecule has 1 rings (SSSR count). The lowest BCUT2D eigenvalue weighted by atomic mass is 10.1. The average Bonchev–Trinajstić information content (AvgIpc) is 2.40. The summed E-state index contributed by atoms with van der Waals surface area (Å²) in [5.41, 5.74) is 0.583. The van der Waals surface area contributed by atoms with Crippen LogP contribution in [0.2, 0.25) is 5.02 Å². The molecule has 1 aromatic carbocycles. The van der Waals surface area contributed by atoms with Crippen LogP contribution < -0.4 is 15.5 Å². The Bertz CT molecular complexity index is 520. The summed E-state index contributed by atoms with van der Waals surface area (Å²) in [4.78, 5) is 24.7. The maximum Gasteiger partial charge on any atom is 0.279 e. The van der Waals surface area contributed by atoms with E-state index in [4.69, 9.17) is 11.6 Å². The molecule has 2 atom stereocenters. The Morgan fingerprint density at radius 1 is 1.14 bits per heavy atom. The van der Waals surface area contributed by atoms with Crippen LogP contribution in [0.25, 0.3) is 0 Å². The lowest BCUT2D eigenvalue weighted by Crippen LogP contribution is -3.11. The number of likely N-dealkylation sites (N-methyl/N-ethyl adjacent to an activating group) is 1. The third kappa shape index (κ3) is 6.45. The van der Waals surface area contributed by atoms with Gasteiger partial charge in [0.2, 0.25) is 0 Å². The monoisotopic (exact) mass is 326 g/mol. The molecule has 0 aliphatic carbocycles. The van der Waals surface area contributed by atoms with E-state index in [-0.39, 0.29) is 30.9 Å². The zero-order chi connectivity index (χ0) is 16.7. The van der Waals surface area contributed by atoms with Crippen molar-refractivity contribution in [2.45, 2.75) is 26.8 Å². The van der Waals surface area contributed by atoms with E-state index in [0.29, 0.717) is 16.6 Å². The van der Waals surface area contributed by atoms with Crippen molar-refractivity contribution in [2.24, 2.45) is 5.92 Å². The molecule has 0 bridgehead atoms. The molecule has 0 heterocycles. The predicted molar refractivity (Wildman–Crippen MR) is 89.1 cm³/mol. The Hall–Kier alpha value is -1.59. The van der Waals surface area contributed by atoms with Gasteiger partial charge in [0.15, 0.2) is 13.1 Å². The van der Waals surface area contributed by atoms with Gasteiger partial charge in [0, 0.05) is 6.04 Å². The van der Waals surface area contributed by atoms with Gasteiger partial charge >= 0.3 is 0 Å². The number of carbonyl (C=O) groups excluding carboxylic acids is 2. The van der Waals surface area contributed by atoms with Gasteiger partial charge in [-0.2, -0.15) is 0 Å². The molecule has 0 aliphatic heterocycles. The SMILES string of the molecule is CC(C)[C@@H](C)NC(=O)C[NH+](C)CC(=O)Nc1ccccc1Cl. The molecule has 0 aromatic heterocycles. The smallest absolute Gasteiger partial charge is 0.279 e. The van der Waals surface area contributed by atoms with Gasteiger partial charge in [-0.1, -0.05) is 37.6 Å². The number of hydrogen-bond donors (Lipinski definition) is 3. The van der Waals surface area contributed by atoms with Crippen molar-refractivity contribution in [1.82, 2.24) is 5.32 Å². The van der Waals surface area contributed by atoms with Gasteiger partial charge in [-0.15, -0.1) is 0 Å².